The first-order chi connectivity index (χ1) is 10.3. The second kappa shape index (κ2) is 6.27. The van der Waals surface area contributed by atoms with E-state index >= 15 is 0 Å². The topological polar surface area (TPSA) is 89.7 Å². The summed E-state index contributed by atoms with van der Waals surface area (Å²) in [5.74, 6) is -3.70. The van der Waals surface area contributed by atoms with Crippen LogP contribution in [0.25, 0.3) is 0 Å². The number of amides is 1. The van der Waals surface area contributed by atoms with E-state index in [9.17, 15) is 22.0 Å². The molecule has 1 aromatic rings. The van der Waals surface area contributed by atoms with Gasteiger partial charge in [0, 0.05) is 32.2 Å². The van der Waals surface area contributed by atoms with Crippen molar-refractivity contribution in [3.05, 3.63) is 29.8 Å². The summed E-state index contributed by atoms with van der Waals surface area (Å²) >= 11 is 0. The Balaban J connectivity index is 2.32. The highest BCUT2D eigenvalue weighted by Crippen LogP contribution is 2.29. The first-order valence-electron chi connectivity index (χ1n) is 6.50. The van der Waals surface area contributed by atoms with Gasteiger partial charge in [0.2, 0.25) is 15.9 Å². The molecule has 1 aliphatic heterocycles. The number of hydrogen-bond donors (Lipinski definition) is 1. The van der Waals surface area contributed by atoms with E-state index in [0.29, 0.717) is 6.07 Å². The predicted molar refractivity (Wildman–Crippen MR) is 73.2 cm³/mol. The fraction of sp³-hybridized carbons (Fsp3) is 0.462. The molecule has 1 heterocycles. The lowest BCUT2D eigenvalue weighted by atomic mass is 9.96. The van der Waals surface area contributed by atoms with Crippen molar-refractivity contribution in [2.75, 3.05) is 26.8 Å². The Labute approximate surface area is 126 Å². The number of hydrogen-bond acceptors (Lipinski definition) is 4. The van der Waals surface area contributed by atoms with Crippen LogP contribution in [0.4, 0.5) is 8.78 Å². The zero-order valence-electron chi connectivity index (χ0n) is 11.8. The smallest absolute Gasteiger partial charge is 0.243 e. The Bertz CT molecular complexity index is 660. The summed E-state index contributed by atoms with van der Waals surface area (Å²) in [6.07, 6.45) is 0. The third kappa shape index (κ3) is 3.26. The fourth-order valence-corrected chi connectivity index (χ4v) is 4.13. The number of halogens is 2. The normalized spacial score (nSPS) is 22.9. The molecule has 122 valence electrons. The molecule has 1 aromatic carbocycles. The molecule has 0 aromatic heterocycles. The van der Waals surface area contributed by atoms with Crippen molar-refractivity contribution in [3.8, 4) is 0 Å². The van der Waals surface area contributed by atoms with Gasteiger partial charge in [0.05, 0.1) is 17.4 Å². The molecule has 0 unspecified atom stereocenters. The molecule has 0 spiro atoms. The van der Waals surface area contributed by atoms with E-state index in [1.165, 1.54) is 7.11 Å². The predicted octanol–water partition coefficient (Wildman–Crippen LogP) is 0.333. The molecule has 2 atom stereocenters. The zero-order valence-corrected chi connectivity index (χ0v) is 12.6. The minimum Gasteiger partial charge on any atom is -0.384 e. The maximum atomic E-state index is 13.2. The first-order valence-corrected chi connectivity index (χ1v) is 7.94. The summed E-state index contributed by atoms with van der Waals surface area (Å²) in [4.78, 5) is 10.9. The summed E-state index contributed by atoms with van der Waals surface area (Å²) < 4.78 is 57.3. The largest absolute Gasteiger partial charge is 0.384 e. The highest BCUT2D eigenvalue weighted by atomic mass is 32.2. The van der Waals surface area contributed by atoms with Crippen molar-refractivity contribution in [1.82, 2.24) is 4.31 Å². The molecule has 2 rings (SSSR count). The van der Waals surface area contributed by atoms with Gasteiger partial charge in [0.1, 0.15) is 11.6 Å². The summed E-state index contributed by atoms with van der Waals surface area (Å²) in [6.45, 7) is 0.0306. The fourth-order valence-electron chi connectivity index (χ4n) is 2.56. The second-order valence-electron chi connectivity index (χ2n) is 5.15. The monoisotopic (exact) mass is 334 g/mol. The summed E-state index contributed by atoms with van der Waals surface area (Å²) in [6, 6.07) is 2.06. The third-order valence-electron chi connectivity index (χ3n) is 3.63. The van der Waals surface area contributed by atoms with E-state index in [2.05, 4.69) is 0 Å². The lowest BCUT2D eigenvalue weighted by Gasteiger charge is -2.16. The Kier molecular flexibility index (Phi) is 4.78. The van der Waals surface area contributed by atoms with Gasteiger partial charge in [-0.2, -0.15) is 4.31 Å². The standard InChI is InChI=1S/C13H16F2N2O4S/c1-21-7-8-5-17(6-12(8)13(16)18)22(19,20)11-3-9(14)2-10(15)4-11/h2-4,8,12H,5-7H2,1H3,(H2,16,18)/t8-,12+/m0/s1. The molecule has 2 N–H and O–H groups in total. The van der Waals surface area contributed by atoms with Crippen molar-refractivity contribution in [1.29, 1.82) is 0 Å². The summed E-state index contributed by atoms with van der Waals surface area (Å²) in [5.41, 5.74) is 5.27. The second-order valence-corrected chi connectivity index (χ2v) is 7.09. The molecule has 1 fully saturated rings. The highest BCUT2D eigenvalue weighted by molar-refractivity contribution is 7.89. The van der Waals surface area contributed by atoms with E-state index in [-0.39, 0.29) is 19.7 Å². The minimum atomic E-state index is -4.11. The van der Waals surface area contributed by atoms with Crippen LogP contribution in [0.2, 0.25) is 0 Å². The van der Waals surface area contributed by atoms with Crippen LogP contribution in [0.5, 0.6) is 0 Å². The molecule has 6 nitrogen and oxygen atoms in total. The molecule has 9 heteroatoms. The van der Waals surface area contributed by atoms with Gasteiger partial charge < -0.3 is 10.5 Å². The number of methoxy groups -OCH3 is 1. The molecule has 0 bridgehead atoms. The Morgan fingerprint density at radius 2 is 1.91 bits per heavy atom. The average molecular weight is 334 g/mol. The van der Waals surface area contributed by atoms with Crippen molar-refractivity contribution in [2.45, 2.75) is 4.90 Å². The van der Waals surface area contributed by atoms with Gasteiger partial charge in [-0.15, -0.1) is 0 Å². The number of primary amides is 1. The quantitative estimate of drug-likeness (QED) is 0.840. The van der Waals surface area contributed by atoms with Crippen LogP contribution in [0.1, 0.15) is 0 Å². The molecule has 22 heavy (non-hydrogen) atoms. The number of ether oxygens (including phenoxy) is 1. The number of benzene rings is 1. The lowest BCUT2D eigenvalue weighted by Crippen LogP contribution is -2.32. The van der Waals surface area contributed by atoms with Crippen LogP contribution in [0.15, 0.2) is 23.1 Å². The number of carbonyl (C=O) groups excluding carboxylic acids is 1. The van der Waals surface area contributed by atoms with E-state index in [1.807, 2.05) is 0 Å². The van der Waals surface area contributed by atoms with E-state index in [1.54, 1.807) is 0 Å². The van der Waals surface area contributed by atoms with E-state index in [4.69, 9.17) is 10.5 Å². The van der Waals surface area contributed by atoms with E-state index in [0.717, 1.165) is 16.4 Å². The molecule has 0 aliphatic carbocycles. The molecule has 0 saturated carbocycles. The van der Waals surface area contributed by atoms with Crippen molar-refractivity contribution < 1.29 is 26.7 Å². The SMILES string of the molecule is COC[C@@H]1CN(S(=O)(=O)c2cc(F)cc(F)c2)C[C@H]1C(N)=O. The van der Waals surface area contributed by atoms with Crippen LogP contribution in [0, 0.1) is 23.5 Å². The van der Waals surface area contributed by atoms with Gasteiger partial charge >= 0.3 is 0 Å². The molecule has 1 aliphatic rings. The Morgan fingerprint density at radius 3 is 2.41 bits per heavy atom. The van der Waals surface area contributed by atoms with Gasteiger partial charge in [-0.05, 0) is 12.1 Å². The van der Waals surface area contributed by atoms with Crippen molar-refractivity contribution >= 4 is 15.9 Å². The van der Waals surface area contributed by atoms with Gasteiger partial charge in [0.25, 0.3) is 0 Å². The van der Waals surface area contributed by atoms with Gasteiger partial charge in [-0.1, -0.05) is 0 Å². The van der Waals surface area contributed by atoms with Crippen LogP contribution >= 0.6 is 0 Å². The van der Waals surface area contributed by atoms with Crippen LogP contribution < -0.4 is 5.73 Å². The highest BCUT2D eigenvalue weighted by Gasteiger charge is 2.42. The number of nitrogens with two attached hydrogens (primary N) is 1. The van der Waals surface area contributed by atoms with Crippen LogP contribution in [0.3, 0.4) is 0 Å². The molecular weight excluding hydrogens is 318 g/mol. The van der Waals surface area contributed by atoms with Crippen LogP contribution in [-0.2, 0) is 19.6 Å². The zero-order chi connectivity index (χ0) is 16.5. The summed E-state index contributed by atoms with van der Waals surface area (Å²) in [7, 11) is -2.68. The van der Waals surface area contributed by atoms with Crippen molar-refractivity contribution in [2.24, 2.45) is 17.6 Å². The van der Waals surface area contributed by atoms with Crippen molar-refractivity contribution in [3.63, 3.8) is 0 Å². The Hall–Kier alpha value is -1.58. The maximum Gasteiger partial charge on any atom is 0.243 e. The molecular formula is C13H16F2N2O4S. The maximum absolute atomic E-state index is 13.2. The number of nitrogens with zero attached hydrogens (tertiary/aromatic N) is 1. The number of sulfonamides is 1. The lowest BCUT2D eigenvalue weighted by molar-refractivity contribution is -0.122. The van der Waals surface area contributed by atoms with E-state index < -0.39 is 44.3 Å². The Morgan fingerprint density at radius 1 is 1.32 bits per heavy atom. The minimum absolute atomic E-state index is 0.00190. The van der Waals surface area contributed by atoms with Crippen LogP contribution in [-0.4, -0.2) is 45.4 Å². The van der Waals surface area contributed by atoms with Gasteiger partial charge in [-0.3, -0.25) is 4.79 Å². The number of carbonyl (C=O) groups is 1. The third-order valence-corrected chi connectivity index (χ3v) is 5.44. The molecule has 0 radical (unpaired) electrons. The van der Waals surface area contributed by atoms with Gasteiger partial charge in [0.15, 0.2) is 0 Å². The number of rotatable bonds is 5. The summed E-state index contributed by atoms with van der Waals surface area (Å²) in [5, 5.41) is 0. The molecule has 1 amide bonds. The average Bonchev–Trinajstić information content (AvgIpc) is 2.83. The molecule has 1 saturated heterocycles. The van der Waals surface area contributed by atoms with Gasteiger partial charge in [-0.25, -0.2) is 17.2 Å². The first kappa shape index (κ1) is 16.8.